The first-order valence-electron chi connectivity index (χ1n) is 12.0. The van der Waals surface area contributed by atoms with Gasteiger partial charge in [-0.3, -0.25) is 14.4 Å². The van der Waals surface area contributed by atoms with Crippen LogP contribution in [0.2, 0.25) is 0 Å². The van der Waals surface area contributed by atoms with Crippen molar-refractivity contribution in [2.45, 2.75) is 64.3 Å². The molecule has 9 nitrogen and oxygen atoms in total. The molecule has 0 unspecified atom stereocenters. The fourth-order valence-corrected chi connectivity index (χ4v) is 5.03. The number of benzene rings is 1. The average Bonchev–Trinajstić information content (AvgIpc) is 2.84. The maximum atomic E-state index is 14.0. The van der Waals surface area contributed by atoms with Crippen molar-refractivity contribution < 1.29 is 24.3 Å². The first kappa shape index (κ1) is 30.0. The predicted octanol–water partition coefficient (Wildman–Crippen LogP) is 1.39. The van der Waals surface area contributed by atoms with Gasteiger partial charge in [0, 0.05) is 38.2 Å². The molecule has 0 aliphatic carbocycles. The smallest absolute Gasteiger partial charge is 0.326 e. The maximum Gasteiger partial charge on any atom is 0.326 e. The van der Waals surface area contributed by atoms with E-state index in [1.807, 2.05) is 44.4 Å². The van der Waals surface area contributed by atoms with E-state index in [-0.39, 0.29) is 43.7 Å². The fourth-order valence-electron chi connectivity index (χ4n) is 4.45. The molecule has 4 N–H and O–H groups in total. The number of thiol groups is 1. The summed E-state index contributed by atoms with van der Waals surface area (Å²) in [6.45, 7) is 5.43. The van der Waals surface area contributed by atoms with Crippen LogP contribution in [-0.2, 0) is 32.1 Å². The molecular formula is C25H38N4O5S2. The van der Waals surface area contributed by atoms with Crippen molar-refractivity contribution in [3.8, 4) is 0 Å². The number of nitrogens with zero attached hydrogens (tertiary/aromatic N) is 2. The third kappa shape index (κ3) is 7.63. The van der Waals surface area contributed by atoms with E-state index in [0.717, 1.165) is 11.1 Å². The average molecular weight is 539 g/mol. The van der Waals surface area contributed by atoms with Gasteiger partial charge in [-0.15, -0.1) is 0 Å². The molecule has 0 bridgehead atoms. The molecule has 0 saturated heterocycles. The Morgan fingerprint density at radius 3 is 2.42 bits per heavy atom. The van der Waals surface area contributed by atoms with Crippen molar-refractivity contribution in [3.05, 3.63) is 35.4 Å². The van der Waals surface area contributed by atoms with Gasteiger partial charge in [0.2, 0.25) is 17.7 Å². The van der Waals surface area contributed by atoms with Crippen LogP contribution < -0.4 is 11.1 Å². The van der Waals surface area contributed by atoms with Crippen LogP contribution in [0, 0.1) is 5.92 Å². The lowest BCUT2D eigenvalue weighted by Gasteiger charge is -2.42. The van der Waals surface area contributed by atoms with Crippen molar-refractivity contribution in [2.24, 2.45) is 11.7 Å². The molecular weight excluding hydrogens is 500 g/mol. The van der Waals surface area contributed by atoms with Gasteiger partial charge >= 0.3 is 5.97 Å². The highest BCUT2D eigenvalue weighted by molar-refractivity contribution is 7.98. The highest BCUT2D eigenvalue weighted by Gasteiger charge is 2.42. The molecule has 36 heavy (non-hydrogen) atoms. The third-order valence-electron chi connectivity index (χ3n) is 6.35. The summed E-state index contributed by atoms with van der Waals surface area (Å²) in [5.74, 6) is -1.62. The van der Waals surface area contributed by atoms with Gasteiger partial charge in [-0.2, -0.15) is 24.4 Å². The van der Waals surface area contributed by atoms with E-state index in [0.29, 0.717) is 11.5 Å². The van der Waals surface area contributed by atoms with Crippen LogP contribution in [-0.4, -0.2) is 87.1 Å². The molecule has 1 aromatic carbocycles. The van der Waals surface area contributed by atoms with Crippen molar-refractivity contribution in [3.63, 3.8) is 0 Å². The Morgan fingerprint density at radius 1 is 1.25 bits per heavy atom. The lowest BCUT2D eigenvalue weighted by atomic mass is 9.91. The standard InChI is InChI=1S/C25H38N4O5S2/c1-15(2)22(28(16(3)30)13-19(26)14-35)24(32)29-12-18-8-6-5-7-17(18)11-21(29)23(31)27-20(25(33)34)9-10-36-4/h5-8,15,19-22,35H,9-14,26H2,1-4H3,(H,27,31)(H,33,34)/t19-,20+,21+,22+/m1/s1. The van der Waals surface area contributed by atoms with Crippen LogP contribution in [0.15, 0.2) is 24.3 Å². The molecule has 1 heterocycles. The van der Waals surface area contributed by atoms with E-state index in [2.05, 4.69) is 17.9 Å². The number of hydrogen-bond acceptors (Lipinski definition) is 7. The van der Waals surface area contributed by atoms with Gasteiger partial charge < -0.3 is 26.0 Å². The fraction of sp³-hybridized carbons (Fsp3) is 0.600. The van der Waals surface area contributed by atoms with E-state index in [1.54, 1.807) is 0 Å². The number of carboxylic acids is 1. The predicted molar refractivity (Wildman–Crippen MR) is 145 cm³/mol. The van der Waals surface area contributed by atoms with Crippen molar-refractivity contribution in [1.82, 2.24) is 15.1 Å². The molecule has 0 fully saturated rings. The van der Waals surface area contributed by atoms with Gasteiger partial charge in [0.1, 0.15) is 18.1 Å². The summed E-state index contributed by atoms with van der Waals surface area (Å²) in [6.07, 6.45) is 2.39. The Balaban J connectivity index is 2.44. The molecule has 0 radical (unpaired) electrons. The number of amides is 3. The number of rotatable bonds is 12. The van der Waals surface area contributed by atoms with E-state index < -0.39 is 36.0 Å². The normalized spacial score (nSPS) is 17.6. The van der Waals surface area contributed by atoms with E-state index in [4.69, 9.17) is 5.73 Å². The maximum absolute atomic E-state index is 14.0. The monoisotopic (exact) mass is 538 g/mol. The summed E-state index contributed by atoms with van der Waals surface area (Å²) in [4.78, 5) is 54.8. The quantitative estimate of drug-likeness (QED) is 0.296. The minimum absolute atomic E-state index is 0.157. The number of fused-ring (bicyclic) bond motifs is 1. The molecule has 1 aliphatic rings. The van der Waals surface area contributed by atoms with Gasteiger partial charge in [-0.25, -0.2) is 4.79 Å². The molecule has 1 aliphatic heterocycles. The van der Waals surface area contributed by atoms with Gasteiger partial charge in [0.25, 0.3) is 0 Å². The second kappa shape index (κ2) is 13.9. The number of nitrogens with two attached hydrogens (primary N) is 1. The Morgan fingerprint density at radius 2 is 1.89 bits per heavy atom. The number of carboxylic acid groups (broad SMARTS) is 1. The van der Waals surface area contributed by atoms with Crippen LogP contribution >= 0.6 is 24.4 Å². The van der Waals surface area contributed by atoms with Gasteiger partial charge in [0.05, 0.1) is 0 Å². The van der Waals surface area contributed by atoms with Crippen molar-refractivity contribution in [1.29, 1.82) is 0 Å². The largest absolute Gasteiger partial charge is 0.480 e. The molecule has 2 rings (SSSR count). The van der Waals surface area contributed by atoms with Crippen molar-refractivity contribution in [2.75, 3.05) is 24.3 Å². The first-order chi connectivity index (χ1) is 17.0. The number of thioether (sulfide) groups is 1. The second-order valence-electron chi connectivity index (χ2n) is 9.44. The van der Waals surface area contributed by atoms with Crippen molar-refractivity contribution >= 4 is 48.1 Å². The number of carbonyl (C=O) groups is 4. The Hall–Kier alpha value is -2.24. The number of hydrogen-bond donors (Lipinski definition) is 4. The SMILES string of the molecule is CSCC[C@H](NC(=O)[C@@H]1Cc2ccccc2CN1C(=O)[C@H](C(C)C)N(C[C@@H](N)CS)C(C)=O)C(=O)O. The molecule has 200 valence electrons. The summed E-state index contributed by atoms with van der Waals surface area (Å²) >= 11 is 5.71. The zero-order valence-electron chi connectivity index (χ0n) is 21.3. The van der Waals surface area contributed by atoms with Crippen LogP contribution in [0.25, 0.3) is 0 Å². The summed E-state index contributed by atoms with van der Waals surface area (Å²) in [5.41, 5.74) is 7.92. The first-order valence-corrected chi connectivity index (χ1v) is 14.1. The zero-order chi connectivity index (χ0) is 27.0. The van der Waals surface area contributed by atoms with E-state index in [1.165, 1.54) is 28.5 Å². The Kier molecular flexibility index (Phi) is 11.6. The molecule has 11 heteroatoms. The topological polar surface area (TPSA) is 133 Å². The minimum Gasteiger partial charge on any atom is -0.480 e. The van der Waals surface area contributed by atoms with Gasteiger partial charge in [-0.05, 0) is 35.5 Å². The van der Waals surface area contributed by atoms with Crippen LogP contribution in [0.4, 0.5) is 0 Å². The zero-order valence-corrected chi connectivity index (χ0v) is 23.1. The van der Waals surface area contributed by atoms with E-state index >= 15 is 0 Å². The molecule has 0 spiro atoms. The summed E-state index contributed by atoms with van der Waals surface area (Å²) in [6, 6.07) is 4.36. The summed E-state index contributed by atoms with van der Waals surface area (Å²) < 4.78 is 0. The Labute approximate surface area is 222 Å². The number of carbonyl (C=O) groups excluding carboxylic acids is 3. The van der Waals surface area contributed by atoms with Crippen LogP contribution in [0.3, 0.4) is 0 Å². The number of aliphatic carboxylic acids is 1. The van der Waals surface area contributed by atoms with Gasteiger partial charge in [-0.1, -0.05) is 38.1 Å². The molecule has 0 aromatic heterocycles. The van der Waals surface area contributed by atoms with Gasteiger partial charge in [0.15, 0.2) is 0 Å². The van der Waals surface area contributed by atoms with E-state index in [9.17, 15) is 24.3 Å². The van der Waals surface area contributed by atoms with Crippen LogP contribution in [0.1, 0.15) is 38.3 Å². The summed E-state index contributed by atoms with van der Waals surface area (Å²) in [5, 5.41) is 12.3. The van der Waals surface area contributed by atoms with Crippen LogP contribution in [0.5, 0.6) is 0 Å². The second-order valence-corrected chi connectivity index (χ2v) is 10.8. The molecule has 4 atom stereocenters. The lowest BCUT2D eigenvalue weighted by molar-refractivity contribution is -0.153. The highest BCUT2D eigenvalue weighted by Crippen LogP contribution is 2.27. The summed E-state index contributed by atoms with van der Waals surface area (Å²) in [7, 11) is 0. The highest BCUT2D eigenvalue weighted by atomic mass is 32.2. The third-order valence-corrected chi connectivity index (χ3v) is 7.46. The molecule has 3 amide bonds. The molecule has 1 aromatic rings. The lowest BCUT2D eigenvalue weighted by Crippen LogP contribution is -2.61. The number of nitrogens with one attached hydrogen (secondary N) is 1. The Bertz CT molecular complexity index is 945. The molecule has 0 saturated carbocycles. The minimum atomic E-state index is -1.12.